The van der Waals surface area contributed by atoms with Crippen LogP contribution in [0.3, 0.4) is 0 Å². The van der Waals surface area contributed by atoms with Crippen LogP contribution in [-0.2, 0) is 22.4 Å². The summed E-state index contributed by atoms with van der Waals surface area (Å²) in [4.78, 5) is 28.9. The number of rotatable bonds is 7. The molecule has 2 aromatic rings. The smallest absolute Gasteiger partial charge is 0.247 e. The highest BCUT2D eigenvalue weighted by Gasteiger charge is 2.42. The van der Waals surface area contributed by atoms with Gasteiger partial charge in [0.2, 0.25) is 11.8 Å². The summed E-state index contributed by atoms with van der Waals surface area (Å²) in [6, 6.07) is 13.7. The number of hydroxylamine groups is 1. The fraction of sp³-hybridized carbons (Fsp3) is 0.462. The maximum absolute atomic E-state index is 13.8. The number of benzene rings is 2. The number of phenolic OH excluding ortho intramolecular Hbond substituents is 1. The number of carbonyl (C=O) groups is 2. The summed E-state index contributed by atoms with van der Waals surface area (Å²) in [6.45, 7) is 1.60. The molecule has 0 saturated carbocycles. The number of aromatic hydroxyl groups is 1. The molecule has 4 atom stereocenters. The number of nitrogens with zero attached hydrogens (tertiary/aromatic N) is 1. The molecule has 1 aliphatic carbocycles. The van der Waals surface area contributed by atoms with Gasteiger partial charge in [-0.2, -0.15) is 0 Å². The van der Waals surface area contributed by atoms with Crippen LogP contribution in [0.2, 0.25) is 0 Å². The molecule has 34 heavy (non-hydrogen) atoms. The van der Waals surface area contributed by atoms with Crippen molar-refractivity contribution < 1.29 is 25.0 Å². The van der Waals surface area contributed by atoms with Crippen molar-refractivity contribution in [2.24, 2.45) is 17.8 Å². The van der Waals surface area contributed by atoms with E-state index in [1.54, 1.807) is 23.7 Å². The van der Waals surface area contributed by atoms with Crippen LogP contribution < -0.4 is 10.8 Å². The molecule has 0 radical (unpaired) electrons. The summed E-state index contributed by atoms with van der Waals surface area (Å²) >= 11 is 0. The summed E-state index contributed by atoms with van der Waals surface area (Å²) in [5.41, 5.74) is 4.38. The zero-order valence-corrected chi connectivity index (χ0v) is 19.4. The van der Waals surface area contributed by atoms with Crippen LogP contribution in [0.15, 0.2) is 48.5 Å². The van der Waals surface area contributed by atoms with E-state index in [-0.39, 0.29) is 24.0 Å². The van der Waals surface area contributed by atoms with E-state index in [9.17, 15) is 25.0 Å². The highest BCUT2D eigenvalue weighted by molar-refractivity contribution is 5.88. The highest BCUT2D eigenvalue weighted by atomic mass is 16.5. The molecule has 0 aromatic heterocycles. The summed E-state index contributed by atoms with van der Waals surface area (Å²) in [7, 11) is 2.02. The van der Waals surface area contributed by atoms with Gasteiger partial charge >= 0.3 is 0 Å². The van der Waals surface area contributed by atoms with Crippen molar-refractivity contribution in [3.8, 4) is 5.75 Å². The van der Waals surface area contributed by atoms with E-state index in [0.717, 1.165) is 42.6 Å². The first kappa shape index (κ1) is 24.2. The van der Waals surface area contributed by atoms with Crippen molar-refractivity contribution >= 4 is 11.8 Å². The van der Waals surface area contributed by atoms with E-state index >= 15 is 0 Å². The number of aliphatic hydroxyl groups is 1. The number of carbonyl (C=O) groups excluding carboxylic acids is 2. The SMILES string of the molecule is CN1CCC([C@H](C(=O)NO)[C@@H](Cc2cccc(O)c2)C(=O)N[C@H]2c3ccccc3C[C@H]2O)CC1. The Hall–Kier alpha value is -2.94. The summed E-state index contributed by atoms with van der Waals surface area (Å²) in [5, 5.41) is 33.2. The molecule has 2 aliphatic rings. The van der Waals surface area contributed by atoms with Crippen LogP contribution >= 0.6 is 0 Å². The lowest BCUT2D eigenvalue weighted by Gasteiger charge is -2.37. The highest BCUT2D eigenvalue weighted by Crippen LogP contribution is 2.35. The van der Waals surface area contributed by atoms with Crippen LogP contribution in [-0.4, -0.2) is 58.4 Å². The first-order chi connectivity index (χ1) is 16.4. The van der Waals surface area contributed by atoms with Gasteiger partial charge in [0.05, 0.1) is 24.0 Å². The zero-order valence-electron chi connectivity index (χ0n) is 19.4. The van der Waals surface area contributed by atoms with Gasteiger partial charge in [-0.15, -0.1) is 0 Å². The lowest BCUT2D eigenvalue weighted by atomic mass is 9.73. The van der Waals surface area contributed by atoms with Crippen LogP contribution in [0.4, 0.5) is 0 Å². The van der Waals surface area contributed by atoms with E-state index in [2.05, 4.69) is 10.2 Å². The monoisotopic (exact) mass is 467 g/mol. The van der Waals surface area contributed by atoms with Gasteiger partial charge in [0.1, 0.15) is 5.75 Å². The molecule has 4 rings (SSSR count). The number of aliphatic hydroxyl groups excluding tert-OH is 1. The minimum absolute atomic E-state index is 0.0826. The second-order valence-corrected chi connectivity index (χ2v) is 9.58. The van der Waals surface area contributed by atoms with E-state index in [4.69, 9.17) is 0 Å². The molecule has 0 bridgehead atoms. The molecule has 1 fully saturated rings. The Balaban J connectivity index is 1.65. The van der Waals surface area contributed by atoms with Crippen molar-refractivity contribution in [3.63, 3.8) is 0 Å². The third kappa shape index (κ3) is 5.24. The number of hydrogen-bond acceptors (Lipinski definition) is 6. The number of hydrogen-bond donors (Lipinski definition) is 5. The van der Waals surface area contributed by atoms with Crippen molar-refractivity contribution in [3.05, 3.63) is 65.2 Å². The standard InChI is InChI=1S/C26H33N3O5/c1-29-11-9-17(10-12-29)23(26(33)28-34)21(14-16-5-4-7-19(30)13-16)25(32)27-24-20-8-3-2-6-18(20)15-22(24)31/h2-8,13,17,21-24,30-31,34H,9-12,14-15H2,1H3,(H,27,32)(H,28,33)/t21-,22-,23+,24+/m1/s1. The molecule has 1 aliphatic heterocycles. The van der Waals surface area contributed by atoms with Crippen LogP contribution in [0.25, 0.3) is 0 Å². The van der Waals surface area contributed by atoms with E-state index in [1.807, 2.05) is 37.4 Å². The third-order valence-electron chi connectivity index (χ3n) is 7.32. The molecule has 8 heteroatoms. The minimum atomic E-state index is -0.790. The quantitative estimate of drug-likeness (QED) is 0.313. The van der Waals surface area contributed by atoms with Gasteiger partial charge in [0, 0.05) is 6.42 Å². The Kier molecular flexibility index (Phi) is 7.50. The largest absolute Gasteiger partial charge is 0.508 e. The zero-order chi connectivity index (χ0) is 24.2. The minimum Gasteiger partial charge on any atom is -0.508 e. The molecule has 182 valence electrons. The molecule has 1 saturated heterocycles. The average molecular weight is 468 g/mol. The van der Waals surface area contributed by atoms with Gasteiger partial charge in [0.25, 0.3) is 0 Å². The summed E-state index contributed by atoms with van der Waals surface area (Å²) in [6.07, 6.45) is 1.38. The predicted octanol–water partition coefficient (Wildman–Crippen LogP) is 1.79. The molecular weight excluding hydrogens is 434 g/mol. The first-order valence-corrected chi connectivity index (χ1v) is 11.8. The number of amides is 2. The van der Waals surface area contributed by atoms with Crippen LogP contribution in [0, 0.1) is 17.8 Å². The number of phenols is 1. The Bertz CT molecular complexity index is 1020. The molecule has 0 unspecified atom stereocenters. The molecule has 5 N–H and O–H groups in total. The lowest BCUT2D eigenvalue weighted by Crippen LogP contribution is -2.49. The van der Waals surface area contributed by atoms with Gasteiger partial charge in [0.15, 0.2) is 0 Å². The van der Waals surface area contributed by atoms with Gasteiger partial charge in [-0.25, -0.2) is 5.48 Å². The first-order valence-electron chi connectivity index (χ1n) is 11.8. The maximum atomic E-state index is 13.8. The van der Waals surface area contributed by atoms with Gasteiger partial charge in [-0.05, 0) is 74.1 Å². The Morgan fingerprint density at radius 3 is 2.53 bits per heavy atom. The van der Waals surface area contributed by atoms with Crippen LogP contribution in [0.1, 0.15) is 35.6 Å². The molecule has 2 amide bonds. The van der Waals surface area contributed by atoms with Gasteiger partial charge in [-0.3, -0.25) is 14.8 Å². The van der Waals surface area contributed by atoms with E-state index in [1.165, 1.54) is 0 Å². The summed E-state index contributed by atoms with van der Waals surface area (Å²) < 4.78 is 0. The predicted molar refractivity (Wildman–Crippen MR) is 126 cm³/mol. The third-order valence-corrected chi connectivity index (χ3v) is 7.32. The lowest BCUT2D eigenvalue weighted by molar-refractivity contribution is -0.144. The van der Waals surface area contributed by atoms with E-state index < -0.39 is 29.9 Å². The van der Waals surface area contributed by atoms with E-state index in [0.29, 0.717) is 6.42 Å². The second kappa shape index (κ2) is 10.5. The number of nitrogens with one attached hydrogen (secondary N) is 2. The Labute approximate surface area is 199 Å². The second-order valence-electron chi connectivity index (χ2n) is 9.58. The van der Waals surface area contributed by atoms with Crippen molar-refractivity contribution in [2.75, 3.05) is 20.1 Å². The molecule has 8 nitrogen and oxygen atoms in total. The molecule has 0 spiro atoms. The van der Waals surface area contributed by atoms with Crippen molar-refractivity contribution in [2.45, 2.75) is 37.8 Å². The molecule has 1 heterocycles. The van der Waals surface area contributed by atoms with Crippen molar-refractivity contribution in [1.82, 2.24) is 15.7 Å². The topological polar surface area (TPSA) is 122 Å². The normalized spacial score (nSPS) is 22.6. The average Bonchev–Trinajstić information content (AvgIpc) is 3.14. The fourth-order valence-electron chi connectivity index (χ4n) is 5.52. The number of fused-ring (bicyclic) bond motifs is 1. The maximum Gasteiger partial charge on any atom is 0.247 e. The number of piperidine rings is 1. The van der Waals surface area contributed by atoms with Crippen LogP contribution in [0.5, 0.6) is 5.75 Å². The Morgan fingerprint density at radius 1 is 1.09 bits per heavy atom. The van der Waals surface area contributed by atoms with Gasteiger partial charge < -0.3 is 20.4 Å². The Morgan fingerprint density at radius 2 is 1.82 bits per heavy atom. The van der Waals surface area contributed by atoms with Crippen molar-refractivity contribution in [1.29, 1.82) is 0 Å². The molecular formula is C26H33N3O5. The van der Waals surface area contributed by atoms with Gasteiger partial charge in [-0.1, -0.05) is 36.4 Å². The summed E-state index contributed by atoms with van der Waals surface area (Å²) in [5.74, 6) is -2.48. The number of likely N-dealkylation sites (tertiary alicyclic amines) is 1. The molecule has 2 aromatic carbocycles. The fourth-order valence-corrected chi connectivity index (χ4v) is 5.52.